The van der Waals surface area contributed by atoms with E-state index >= 15 is 0 Å². The lowest BCUT2D eigenvalue weighted by Crippen LogP contribution is -2.17. The van der Waals surface area contributed by atoms with Crippen molar-refractivity contribution in [2.75, 3.05) is 5.32 Å². The number of nitrogens with zero attached hydrogens (tertiary/aromatic N) is 2. The first-order chi connectivity index (χ1) is 10.2. The second kappa shape index (κ2) is 5.44. The fourth-order valence-electron chi connectivity index (χ4n) is 2.53. The summed E-state index contributed by atoms with van der Waals surface area (Å²) < 4.78 is 1.79. The molecule has 2 heterocycles. The number of benzene rings is 1. The monoisotopic (exact) mass is 282 g/mol. The van der Waals surface area contributed by atoms with Gasteiger partial charge >= 0.3 is 0 Å². The van der Waals surface area contributed by atoms with E-state index < -0.39 is 0 Å². The maximum absolute atomic E-state index is 12.2. The van der Waals surface area contributed by atoms with Gasteiger partial charge in [-0.3, -0.25) is 4.79 Å². The summed E-state index contributed by atoms with van der Waals surface area (Å²) in [7, 11) is 0. The number of carbonyl (C=O) groups is 1. The van der Waals surface area contributed by atoms with Gasteiger partial charge in [-0.05, 0) is 25.5 Å². The highest BCUT2D eigenvalue weighted by molar-refractivity contribution is 5.95. The van der Waals surface area contributed by atoms with E-state index in [-0.39, 0.29) is 5.91 Å². The summed E-state index contributed by atoms with van der Waals surface area (Å²) in [6, 6.07) is 9.87. The number of fused-ring (bicyclic) bond motifs is 1. The topological polar surface area (TPSA) is 62.7 Å². The second-order valence-corrected chi connectivity index (χ2v) is 5.07. The molecule has 3 aromatic rings. The van der Waals surface area contributed by atoms with E-state index in [1.807, 2.05) is 50.4 Å². The molecule has 3 rings (SSSR count). The normalized spacial score (nSPS) is 11.0. The van der Waals surface area contributed by atoms with Gasteiger partial charge in [0.05, 0.1) is 12.1 Å². The number of amides is 1. The van der Waals surface area contributed by atoms with Crippen LogP contribution in [-0.2, 0) is 17.8 Å². The maximum atomic E-state index is 12.2. The smallest absolute Gasteiger partial charge is 0.230 e. The van der Waals surface area contributed by atoms with Crippen molar-refractivity contribution >= 4 is 22.6 Å². The zero-order valence-corrected chi connectivity index (χ0v) is 12.2. The fourth-order valence-corrected chi connectivity index (χ4v) is 2.53. The van der Waals surface area contributed by atoms with Crippen molar-refractivity contribution in [3.05, 3.63) is 47.8 Å². The SMILES string of the molecule is CCn1nc(C)cc1NC(=O)Cc1c[nH]c2ccccc12. The Hall–Kier alpha value is -2.56. The molecule has 0 saturated heterocycles. The largest absolute Gasteiger partial charge is 0.361 e. The van der Waals surface area contributed by atoms with Gasteiger partial charge in [0.15, 0.2) is 0 Å². The van der Waals surface area contributed by atoms with Gasteiger partial charge in [0.1, 0.15) is 5.82 Å². The lowest BCUT2D eigenvalue weighted by atomic mass is 10.1. The third kappa shape index (κ3) is 2.67. The quantitative estimate of drug-likeness (QED) is 0.773. The number of aryl methyl sites for hydroxylation is 2. The number of rotatable bonds is 4. The average molecular weight is 282 g/mol. The summed E-state index contributed by atoms with van der Waals surface area (Å²) in [5.74, 6) is 0.717. The summed E-state index contributed by atoms with van der Waals surface area (Å²) in [5.41, 5.74) is 2.95. The van der Waals surface area contributed by atoms with Crippen LogP contribution in [0.15, 0.2) is 36.5 Å². The molecule has 2 N–H and O–H groups in total. The van der Waals surface area contributed by atoms with Crippen molar-refractivity contribution in [3.63, 3.8) is 0 Å². The van der Waals surface area contributed by atoms with E-state index in [9.17, 15) is 4.79 Å². The van der Waals surface area contributed by atoms with Crippen molar-refractivity contribution in [2.45, 2.75) is 26.8 Å². The van der Waals surface area contributed by atoms with E-state index in [0.29, 0.717) is 6.42 Å². The highest BCUT2D eigenvalue weighted by Crippen LogP contribution is 2.19. The Morgan fingerprint density at radius 2 is 2.19 bits per heavy atom. The van der Waals surface area contributed by atoms with Gasteiger partial charge in [0.2, 0.25) is 5.91 Å². The minimum Gasteiger partial charge on any atom is -0.361 e. The van der Waals surface area contributed by atoms with Crippen molar-refractivity contribution in [1.82, 2.24) is 14.8 Å². The number of aromatic amines is 1. The molecule has 21 heavy (non-hydrogen) atoms. The van der Waals surface area contributed by atoms with Crippen LogP contribution in [0.2, 0.25) is 0 Å². The van der Waals surface area contributed by atoms with Gasteiger partial charge in [-0.1, -0.05) is 18.2 Å². The molecule has 0 aliphatic rings. The highest BCUT2D eigenvalue weighted by atomic mass is 16.1. The minimum atomic E-state index is -0.0330. The Balaban J connectivity index is 1.77. The Morgan fingerprint density at radius 1 is 1.38 bits per heavy atom. The van der Waals surface area contributed by atoms with Crippen LogP contribution in [0.1, 0.15) is 18.2 Å². The zero-order chi connectivity index (χ0) is 14.8. The molecule has 5 nitrogen and oxygen atoms in total. The lowest BCUT2D eigenvalue weighted by Gasteiger charge is -2.06. The Labute approximate surface area is 123 Å². The molecule has 1 amide bonds. The molecule has 0 spiro atoms. The Bertz CT molecular complexity index is 785. The summed E-state index contributed by atoms with van der Waals surface area (Å²) in [6.07, 6.45) is 2.24. The van der Waals surface area contributed by atoms with Crippen LogP contribution in [0.4, 0.5) is 5.82 Å². The van der Waals surface area contributed by atoms with Gasteiger partial charge in [0.25, 0.3) is 0 Å². The van der Waals surface area contributed by atoms with Crippen molar-refractivity contribution < 1.29 is 4.79 Å². The predicted octanol–water partition coefficient (Wildman–Crippen LogP) is 2.87. The number of nitrogens with one attached hydrogen (secondary N) is 2. The van der Waals surface area contributed by atoms with Crippen molar-refractivity contribution in [1.29, 1.82) is 0 Å². The first-order valence-electron chi connectivity index (χ1n) is 7.06. The van der Waals surface area contributed by atoms with Gasteiger partial charge in [-0.2, -0.15) is 5.10 Å². The summed E-state index contributed by atoms with van der Waals surface area (Å²) >= 11 is 0. The van der Waals surface area contributed by atoms with Gasteiger partial charge < -0.3 is 10.3 Å². The van der Waals surface area contributed by atoms with Crippen LogP contribution >= 0.6 is 0 Å². The summed E-state index contributed by atoms with van der Waals surface area (Å²) in [6.45, 7) is 4.65. The molecule has 1 aromatic carbocycles. The lowest BCUT2D eigenvalue weighted by molar-refractivity contribution is -0.115. The highest BCUT2D eigenvalue weighted by Gasteiger charge is 2.11. The number of anilines is 1. The van der Waals surface area contributed by atoms with Crippen LogP contribution in [0.5, 0.6) is 0 Å². The number of para-hydroxylation sites is 1. The molecular formula is C16H18N4O. The minimum absolute atomic E-state index is 0.0330. The second-order valence-electron chi connectivity index (χ2n) is 5.07. The molecule has 0 bridgehead atoms. The van der Waals surface area contributed by atoms with Crippen LogP contribution in [0.25, 0.3) is 10.9 Å². The number of hydrogen-bond acceptors (Lipinski definition) is 2. The number of hydrogen-bond donors (Lipinski definition) is 2. The maximum Gasteiger partial charge on any atom is 0.230 e. The van der Waals surface area contributed by atoms with Gasteiger partial charge in [0, 0.05) is 29.7 Å². The van der Waals surface area contributed by atoms with Crippen LogP contribution in [0.3, 0.4) is 0 Å². The molecule has 5 heteroatoms. The first kappa shape index (κ1) is 13.4. The molecule has 0 saturated carbocycles. The van der Waals surface area contributed by atoms with E-state index in [0.717, 1.165) is 34.5 Å². The van der Waals surface area contributed by atoms with Gasteiger partial charge in [-0.25, -0.2) is 4.68 Å². The third-order valence-corrected chi connectivity index (χ3v) is 3.50. The fraction of sp³-hybridized carbons (Fsp3) is 0.250. The molecule has 0 atom stereocenters. The number of H-pyrrole nitrogens is 1. The first-order valence-corrected chi connectivity index (χ1v) is 7.06. The van der Waals surface area contributed by atoms with E-state index in [2.05, 4.69) is 15.4 Å². The summed E-state index contributed by atoms with van der Waals surface area (Å²) in [5, 5.41) is 8.35. The van der Waals surface area contributed by atoms with E-state index in [4.69, 9.17) is 0 Å². The van der Waals surface area contributed by atoms with E-state index in [1.165, 1.54) is 0 Å². The molecule has 0 aliphatic carbocycles. The predicted molar refractivity (Wildman–Crippen MR) is 83.3 cm³/mol. The average Bonchev–Trinajstić information content (AvgIpc) is 3.03. The third-order valence-electron chi connectivity index (χ3n) is 3.50. The Morgan fingerprint density at radius 3 is 3.00 bits per heavy atom. The molecule has 0 unspecified atom stereocenters. The van der Waals surface area contributed by atoms with Crippen LogP contribution in [-0.4, -0.2) is 20.7 Å². The van der Waals surface area contributed by atoms with E-state index in [1.54, 1.807) is 4.68 Å². The number of aromatic nitrogens is 3. The molecular weight excluding hydrogens is 264 g/mol. The number of carbonyl (C=O) groups excluding carboxylic acids is 1. The van der Waals surface area contributed by atoms with Crippen LogP contribution < -0.4 is 5.32 Å². The van der Waals surface area contributed by atoms with Crippen LogP contribution in [0, 0.1) is 6.92 Å². The van der Waals surface area contributed by atoms with Crippen molar-refractivity contribution in [3.8, 4) is 0 Å². The molecule has 0 radical (unpaired) electrons. The Kier molecular flexibility index (Phi) is 3.48. The zero-order valence-electron chi connectivity index (χ0n) is 12.2. The molecule has 0 fully saturated rings. The van der Waals surface area contributed by atoms with Gasteiger partial charge in [-0.15, -0.1) is 0 Å². The summed E-state index contributed by atoms with van der Waals surface area (Å²) in [4.78, 5) is 15.4. The molecule has 0 aliphatic heterocycles. The molecule has 2 aromatic heterocycles. The standard InChI is InChI=1S/C16H18N4O/c1-3-20-15(8-11(2)19-20)18-16(21)9-12-10-17-14-7-5-4-6-13(12)14/h4-8,10,17H,3,9H2,1-2H3,(H,18,21). The van der Waals surface area contributed by atoms with Crippen molar-refractivity contribution in [2.24, 2.45) is 0 Å². The molecule has 108 valence electrons.